The monoisotopic (exact) mass is 407 g/mol. The van der Waals surface area contributed by atoms with E-state index in [-0.39, 0.29) is 17.1 Å². The van der Waals surface area contributed by atoms with Crippen molar-refractivity contribution in [2.75, 3.05) is 6.54 Å². The second-order valence-corrected chi connectivity index (χ2v) is 10.2. The Balaban J connectivity index is 1.59. The van der Waals surface area contributed by atoms with Crippen molar-refractivity contribution in [3.05, 3.63) is 59.9 Å². The minimum Gasteiger partial charge on any atom is -0.256 e. The topological polar surface area (TPSA) is 82.8 Å². The van der Waals surface area contributed by atoms with Crippen LogP contribution in [0, 0.1) is 35.0 Å². The van der Waals surface area contributed by atoms with E-state index in [4.69, 9.17) is 0 Å². The van der Waals surface area contributed by atoms with Gasteiger partial charge in [-0.15, -0.1) is 0 Å². The molecule has 2 aromatic rings. The van der Waals surface area contributed by atoms with Crippen molar-refractivity contribution in [3.8, 4) is 17.2 Å². The van der Waals surface area contributed by atoms with Gasteiger partial charge in [0.25, 0.3) is 0 Å². The maximum atomic E-state index is 12.5. The molecule has 0 radical (unpaired) electrons. The number of nitrogens with zero attached hydrogens (tertiary/aromatic N) is 2. The van der Waals surface area contributed by atoms with Crippen LogP contribution in [0.4, 0.5) is 0 Å². The Labute approximate surface area is 172 Å². The molecule has 1 N–H and O–H groups in total. The highest BCUT2D eigenvalue weighted by molar-refractivity contribution is 7.90. The molecule has 5 nitrogen and oxygen atoms in total. The van der Waals surface area contributed by atoms with E-state index in [0.29, 0.717) is 23.9 Å². The predicted molar refractivity (Wildman–Crippen MR) is 114 cm³/mol. The number of nitrogens with one attached hydrogen (secondary N) is 1. The Kier molecular flexibility index (Phi) is 5.28. The molecule has 150 valence electrons. The van der Waals surface area contributed by atoms with Crippen LogP contribution in [0.1, 0.15) is 31.5 Å². The third-order valence-electron chi connectivity index (χ3n) is 6.56. The molecule has 2 aliphatic rings. The van der Waals surface area contributed by atoms with E-state index in [2.05, 4.69) is 29.6 Å². The highest BCUT2D eigenvalue weighted by Gasteiger charge is 2.50. The summed E-state index contributed by atoms with van der Waals surface area (Å²) in [5.74, 6) is 0.936. The van der Waals surface area contributed by atoms with Crippen LogP contribution in [0.5, 0.6) is 0 Å². The van der Waals surface area contributed by atoms with Crippen LogP contribution >= 0.6 is 0 Å². The number of hydrogen-bond donors (Lipinski definition) is 1. The second kappa shape index (κ2) is 7.74. The molecule has 2 fully saturated rings. The molecule has 1 saturated carbocycles. The predicted octanol–water partition coefficient (Wildman–Crippen LogP) is 3.84. The van der Waals surface area contributed by atoms with Gasteiger partial charge in [0, 0.05) is 23.9 Å². The first-order chi connectivity index (χ1) is 13.9. The quantitative estimate of drug-likeness (QED) is 0.838. The van der Waals surface area contributed by atoms with Gasteiger partial charge in [0.05, 0.1) is 22.6 Å². The van der Waals surface area contributed by atoms with Crippen molar-refractivity contribution in [2.24, 2.45) is 23.7 Å². The lowest BCUT2D eigenvalue weighted by atomic mass is 9.68. The molecule has 29 heavy (non-hydrogen) atoms. The number of pyridine rings is 1. The summed E-state index contributed by atoms with van der Waals surface area (Å²) in [6.45, 7) is 4.92. The lowest BCUT2D eigenvalue weighted by Crippen LogP contribution is -2.42. The van der Waals surface area contributed by atoms with Gasteiger partial charge in [-0.1, -0.05) is 44.2 Å². The van der Waals surface area contributed by atoms with Crippen molar-refractivity contribution in [1.82, 2.24) is 9.71 Å². The summed E-state index contributed by atoms with van der Waals surface area (Å²) in [4.78, 5) is 4.52. The zero-order valence-corrected chi connectivity index (χ0v) is 17.4. The molecule has 1 aromatic carbocycles. The fourth-order valence-corrected chi connectivity index (χ4v) is 6.89. The zero-order valence-electron chi connectivity index (χ0n) is 16.6. The van der Waals surface area contributed by atoms with Crippen molar-refractivity contribution in [3.63, 3.8) is 0 Å². The smallest absolute Gasteiger partial charge is 0.215 e. The highest BCUT2D eigenvalue weighted by atomic mass is 32.2. The minimum absolute atomic E-state index is 0.0236. The molecule has 1 aromatic heterocycles. The maximum Gasteiger partial charge on any atom is 0.215 e. The van der Waals surface area contributed by atoms with E-state index in [1.807, 2.05) is 42.5 Å². The molecule has 6 heteroatoms. The molecule has 0 bridgehead atoms. The maximum absolute atomic E-state index is 12.5. The molecular weight excluding hydrogens is 382 g/mol. The molecule has 1 aliphatic carbocycles. The standard InChI is InChI=1S/C23H25N3O2S/c1-15-11-19-14-26-29(27,28)23(19)21(16(15)2)10-9-20-8-7-18(13-25-20)22-6-4-3-5-17(22)12-24/h3-10,13,15-16,19,21,23,26H,11,14H2,1-2H3/t15-,16+,19+,21-,23-/m0/s1. The second-order valence-electron chi connectivity index (χ2n) is 8.26. The molecular formula is C23H25N3O2S. The number of nitriles is 1. The third kappa shape index (κ3) is 3.73. The largest absolute Gasteiger partial charge is 0.256 e. The highest BCUT2D eigenvalue weighted by Crippen LogP contribution is 2.44. The normalized spacial score (nSPS) is 30.7. The Morgan fingerprint density at radius 1 is 1.21 bits per heavy atom. The number of sulfonamides is 1. The summed E-state index contributed by atoms with van der Waals surface area (Å²) in [7, 11) is -3.26. The van der Waals surface area contributed by atoms with Gasteiger partial charge in [-0.3, -0.25) is 4.98 Å². The van der Waals surface area contributed by atoms with Gasteiger partial charge < -0.3 is 0 Å². The molecule has 5 atom stereocenters. The Bertz CT molecular complexity index is 1070. The van der Waals surface area contributed by atoms with E-state index in [0.717, 1.165) is 23.2 Å². The van der Waals surface area contributed by atoms with Gasteiger partial charge in [-0.05, 0) is 48.3 Å². The van der Waals surface area contributed by atoms with Crippen LogP contribution in [-0.4, -0.2) is 25.2 Å². The Hall–Kier alpha value is -2.49. The number of allylic oxidation sites excluding steroid dienone is 1. The van der Waals surface area contributed by atoms with Gasteiger partial charge >= 0.3 is 0 Å². The van der Waals surface area contributed by atoms with Crippen molar-refractivity contribution in [1.29, 1.82) is 5.26 Å². The van der Waals surface area contributed by atoms with Crippen LogP contribution in [-0.2, 0) is 10.0 Å². The van der Waals surface area contributed by atoms with Crippen molar-refractivity contribution >= 4 is 16.1 Å². The first-order valence-corrected chi connectivity index (χ1v) is 11.6. The minimum atomic E-state index is -3.26. The molecule has 2 heterocycles. The molecule has 0 spiro atoms. The van der Waals surface area contributed by atoms with Gasteiger partial charge in [0.2, 0.25) is 10.0 Å². The lowest BCUT2D eigenvalue weighted by Gasteiger charge is -2.39. The third-order valence-corrected chi connectivity index (χ3v) is 8.55. The van der Waals surface area contributed by atoms with Crippen molar-refractivity contribution in [2.45, 2.75) is 25.5 Å². The zero-order chi connectivity index (χ0) is 20.6. The fourth-order valence-electron chi connectivity index (χ4n) is 4.79. The van der Waals surface area contributed by atoms with Crippen molar-refractivity contribution < 1.29 is 8.42 Å². The van der Waals surface area contributed by atoms with Crippen LogP contribution in [0.3, 0.4) is 0 Å². The van der Waals surface area contributed by atoms with Crippen LogP contribution in [0.15, 0.2) is 48.7 Å². The van der Waals surface area contributed by atoms with Gasteiger partial charge in [0.1, 0.15) is 0 Å². The number of hydrogen-bond acceptors (Lipinski definition) is 4. The van der Waals surface area contributed by atoms with E-state index in [1.165, 1.54) is 0 Å². The summed E-state index contributed by atoms with van der Waals surface area (Å²) in [5.41, 5.74) is 3.15. The average Bonchev–Trinajstić information content (AvgIpc) is 3.03. The molecule has 0 unspecified atom stereocenters. The van der Waals surface area contributed by atoms with E-state index >= 15 is 0 Å². The first kappa shape index (κ1) is 19.8. The number of benzene rings is 1. The molecule has 1 saturated heterocycles. The van der Waals surface area contributed by atoms with Gasteiger partial charge in [-0.25, -0.2) is 13.1 Å². The summed E-state index contributed by atoms with van der Waals surface area (Å²) in [6, 6.07) is 13.5. The summed E-state index contributed by atoms with van der Waals surface area (Å²) in [5, 5.41) is 8.94. The summed E-state index contributed by atoms with van der Waals surface area (Å²) < 4.78 is 27.8. The first-order valence-electron chi connectivity index (χ1n) is 10.0. The van der Waals surface area contributed by atoms with E-state index in [9.17, 15) is 13.7 Å². The van der Waals surface area contributed by atoms with Gasteiger partial charge in [0.15, 0.2) is 0 Å². The SMILES string of the molecule is C[C@H]1[C@H](C=Cc2ccc(-c3ccccc3C#N)cn2)[C@@H]2[C@@H](CNS2(=O)=O)C[C@@H]1C. The lowest BCUT2D eigenvalue weighted by molar-refractivity contribution is 0.175. The van der Waals surface area contributed by atoms with E-state index < -0.39 is 10.0 Å². The van der Waals surface area contributed by atoms with Crippen LogP contribution < -0.4 is 4.72 Å². The fraction of sp³-hybridized carbons (Fsp3) is 0.391. The number of fused-ring (bicyclic) bond motifs is 1. The van der Waals surface area contributed by atoms with Crippen LogP contribution in [0.2, 0.25) is 0 Å². The molecule has 0 amide bonds. The summed E-state index contributed by atoms with van der Waals surface area (Å²) in [6.07, 6.45) is 6.69. The Morgan fingerprint density at radius 2 is 2.00 bits per heavy atom. The number of rotatable bonds is 3. The van der Waals surface area contributed by atoms with Gasteiger partial charge in [-0.2, -0.15) is 5.26 Å². The average molecular weight is 408 g/mol. The Morgan fingerprint density at radius 3 is 2.72 bits per heavy atom. The van der Waals surface area contributed by atoms with E-state index in [1.54, 1.807) is 12.3 Å². The number of aromatic nitrogens is 1. The summed E-state index contributed by atoms with van der Waals surface area (Å²) >= 11 is 0. The molecule has 1 aliphatic heterocycles. The van der Waals surface area contributed by atoms with Crippen LogP contribution in [0.25, 0.3) is 17.2 Å². The molecule has 4 rings (SSSR count).